The molecule has 3 saturated heterocycles. The van der Waals surface area contributed by atoms with Gasteiger partial charge in [-0.3, -0.25) is 14.5 Å². The van der Waals surface area contributed by atoms with Crippen molar-refractivity contribution in [1.29, 1.82) is 0 Å². The number of nitrogens with one attached hydrogen (secondary N) is 1. The van der Waals surface area contributed by atoms with Crippen molar-refractivity contribution < 1.29 is 4.79 Å². The van der Waals surface area contributed by atoms with E-state index in [4.69, 9.17) is 0 Å². The fraction of sp³-hybridized carbons (Fsp3) is 0.684. The number of pyridine rings is 1. The summed E-state index contributed by atoms with van der Waals surface area (Å²) in [5, 5.41) is 0. The van der Waals surface area contributed by atoms with Gasteiger partial charge in [-0.05, 0) is 50.1 Å². The third kappa shape index (κ3) is 2.79. The Morgan fingerprint density at radius 3 is 2.96 bits per heavy atom. The van der Waals surface area contributed by atoms with E-state index < -0.39 is 0 Å². The molecule has 130 valence electrons. The molecule has 24 heavy (non-hydrogen) atoms. The smallest absolute Gasteiger partial charge is 0.255 e. The molecule has 1 N–H and O–H groups in total. The molecular weight excluding hydrogens is 302 g/mol. The summed E-state index contributed by atoms with van der Waals surface area (Å²) in [6.45, 7) is 6.11. The van der Waals surface area contributed by atoms with Gasteiger partial charge in [-0.15, -0.1) is 0 Å². The normalized spacial score (nSPS) is 30.0. The van der Waals surface area contributed by atoms with Crippen LogP contribution in [-0.2, 0) is 6.42 Å². The zero-order chi connectivity index (χ0) is 16.7. The van der Waals surface area contributed by atoms with Crippen LogP contribution in [0, 0.1) is 11.8 Å². The maximum absolute atomic E-state index is 13.1. The van der Waals surface area contributed by atoms with Gasteiger partial charge in [-0.1, -0.05) is 13.3 Å². The second-order valence-electron chi connectivity index (χ2n) is 7.70. The number of carbonyl (C=O) groups excluding carboxylic acids is 1. The van der Waals surface area contributed by atoms with E-state index in [0.717, 1.165) is 25.3 Å². The van der Waals surface area contributed by atoms with E-state index in [-0.39, 0.29) is 11.5 Å². The second kappa shape index (κ2) is 6.36. The van der Waals surface area contributed by atoms with Crippen LogP contribution in [0.1, 0.15) is 48.7 Å². The molecule has 3 fully saturated rings. The van der Waals surface area contributed by atoms with Gasteiger partial charge in [0.15, 0.2) is 0 Å². The number of hydrogen-bond donors (Lipinski definition) is 1. The van der Waals surface area contributed by atoms with Crippen LogP contribution < -0.4 is 5.56 Å². The summed E-state index contributed by atoms with van der Waals surface area (Å²) < 4.78 is 0. The number of nitrogens with zero attached hydrogens (tertiary/aromatic N) is 2. The van der Waals surface area contributed by atoms with Gasteiger partial charge in [0.25, 0.3) is 5.91 Å². The van der Waals surface area contributed by atoms with E-state index >= 15 is 0 Å². The lowest BCUT2D eigenvalue weighted by molar-refractivity contribution is -0.0243. The van der Waals surface area contributed by atoms with E-state index in [1.54, 1.807) is 6.07 Å². The third-order valence-corrected chi connectivity index (χ3v) is 6.14. The summed E-state index contributed by atoms with van der Waals surface area (Å²) in [5.41, 5.74) is 1.32. The largest absolute Gasteiger partial charge is 0.338 e. The van der Waals surface area contributed by atoms with Crippen molar-refractivity contribution in [1.82, 2.24) is 14.8 Å². The van der Waals surface area contributed by atoms with Crippen LogP contribution in [0.2, 0.25) is 0 Å². The fourth-order valence-electron chi connectivity index (χ4n) is 5.10. The minimum Gasteiger partial charge on any atom is -0.338 e. The van der Waals surface area contributed by atoms with Crippen LogP contribution in [-0.4, -0.2) is 52.9 Å². The van der Waals surface area contributed by atoms with Crippen LogP contribution in [0.15, 0.2) is 16.9 Å². The number of aryl methyl sites for hydroxylation is 1. The zero-order valence-electron chi connectivity index (χ0n) is 14.5. The Bertz CT molecular complexity index is 683. The number of fused-ring (bicyclic) bond motifs is 4. The molecule has 3 atom stereocenters. The van der Waals surface area contributed by atoms with E-state index in [2.05, 4.69) is 14.8 Å². The molecule has 1 amide bonds. The Balaban J connectivity index is 1.55. The minimum absolute atomic E-state index is 0.0991. The monoisotopic (exact) mass is 329 g/mol. The van der Waals surface area contributed by atoms with Crippen molar-refractivity contribution in [2.75, 3.05) is 26.2 Å². The summed E-state index contributed by atoms with van der Waals surface area (Å²) in [4.78, 5) is 32.2. The first-order valence-electron chi connectivity index (χ1n) is 9.41. The number of amides is 1. The number of hydrogen-bond acceptors (Lipinski definition) is 3. The SMILES string of the molecule is CCc1[nH]c(=O)ccc1C(=O)N1C[C@@H]2C[C@H](C1)[C@@H]1CCCCN1C2. The minimum atomic E-state index is -0.128. The second-order valence-corrected chi connectivity index (χ2v) is 7.70. The molecule has 2 bridgehead atoms. The molecule has 0 aliphatic carbocycles. The Labute approximate surface area is 143 Å². The van der Waals surface area contributed by atoms with Crippen molar-refractivity contribution >= 4 is 5.91 Å². The summed E-state index contributed by atoms with van der Waals surface area (Å²) >= 11 is 0. The van der Waals surface area contributed by atoms with Crippen molar-refractivity contribution in [3.05, 3.63) is 33.7 Å². The quantitative estimate of drug-likeness (QED) is 0.901. The van der Waals surface area contributed by atoms with Gasteiger partial charge in [0.1, 0.15) is 0 Å². The van der Waals surface area contributed by atoms with Crippen LogP contribution in [0.3, 0.4) is 0 Å². The van der Waals surface area contributed by atoms with Gasteiger partial charge >= 0.3 is 0 Å². The molecule has 1 aromatic rings. The molecular formula is C19H27N3O2. The van der Waals surface area contributed by atoms with Gasteiger partial charge in [-0.25, -0.2) is 0 Å². The number of aromatic nitrogens is 1. The predicted octanol–water partition coefficient (Wildman–Crippen LogP) is 1.88. The topological polar surface area (TPSA) is 56.4 Å². The van der Waals surface area contributed by atoms with Gasteiger partial charge in [0, 0.05) is 37.4 Å². The molecule has 3 aliphatic rings. The Morgan fingerprint density at radius 1 is 1.25 bits per heavy atom. The molecule has 4 rings (SSSR count). The predicted molar refractivity (Wildman–Crippen MR) is 93.2 cm³/mol. The molecule has 0 radical (unpaired) electrons. The molecule has 4 heterocycles. The first kappa shape index (κ1) is 15.9. The van der Waals surface area contributed by atoms with E-state index in [9.17, 15) is 9.59 Å². The zero-order valence-corrected chi connectivity index (χ0v) is 14.5. The molecule has 1 aromatic heterocycles. The molecule has 0 saturated carbocycles. The van der Waals surface area contributed by atoms with E-state index in [1.165, 1.54) is 38.3 Å². The average molecular weight is 329 g/mol. The molecule has 5 nitrogen and oxygen atoms in total. The van der Waals surface area contributed by atoms with Gasteiger partial charge in [-0.2, -0.15) is 0 Å². The van der Waals surface area contributed by atoms with Crippen LogP contribution in [0.25, 0.3) is 0 Å². The van der Waals surface area contributed by atoms with E-state index in [1.807, 2.05) is 6.92 Å². The molecule has 0 aromatic carbocycles. The third-order valence-electron chi connectivity index (χ3n) is 6.14. The molecule has 5 heteroatoms. The average Bonchev–Trinajstić information content (AvgIpc) is 2.60. The summed E-state index contributed by atoms with van der Waals surface area (Å²) in [6.07, 6.45) is 5.90. The van der Waals surface area contributed by atoms with Crippen LogP contribution in [0.4, 0.5) is 0 Å². The van der Waals surface area contributed by atoms with Crippen molar-refractivity contribution in [2.24, 2.45) is 11.8 Å². The highest BCUT2D eigenvalue weighted by Gasteiger charge is 2.42. The number of likely N-dealkylation sites (tertiary alicyclic amines) is 1. The number of H-pyrrole nitrogens is 1. The summed E-state index contributed by atoms with van der Waals surface area (Å²) in [7, 11) is 0. The number of aromatic amines is 1. The summed E-state index contributed by atoms with van der Waals surface area (Å²) in [6, 6.07) is 3.85. The van der Waals surface area contributed by atoms with Crippen molar-refractivity contribution in [3.63, 3.8) is 0 Å². The van der Waals surface area contributed by atoms with Crippen molar-refractivity contribution in [2.45, 2.75) is 45.1 Å². The lowest BCUT2D eigenvalue weighted by Gasteiger charge is -2.52. The fourth-order valence-corrected chi connectivity index (χ4v) is 5.10. The van der Waals surface area contributed by atoms with Crippen molar-refractivity contribution in [3.8, 4) is 0 Å². The Kier molecular flexibility index (Phi) is 4.21. The lowest BCUT2D eigenvalue weighted by atomic mass is 9.76. The van der Waals surface area contributed by atoms with E-state index in [0.29, 0.717) is 29.9 Å². The first-order valence-corrected chi connectivity index (χ1v) is 9.41. The Hall–Kier alpha value is -1.62. The molecule has 0 spiro atoms. The standard InChI is InChI=1S/C19H27N3O2/c1-2-16-15(6-7-18(23)20-16)19(24)22-11-13-9-14(12-22)17-5-3-4-8-21(17)10-13/h6-7,13-14,17H,2-5,8-12H2,1H3,(H,20,23)/t13-,14-,17+/m1/s1. The first-order chi connectivity index (χ1) is 11.7. The number of carbonyl (C=O) groups is 1. The van der Waals surface area contributed by atoms with Gasteiger partial charge < -0.3 is 9.88 Å². The Morgan fingerprint density at radius 2 is 2.12 bits per heavy atom. The number of rotatable bonds is 2. The maximum Gasteiger partial charge on any atom is 0.255 e. The lowest BCUT2D eigenvalue weighted by Crippen LogP contribution is -2.59. The molecule has 0 unspecified atom stereocenters. The van der Waals surface area contributed by atoms with Crippen LogP contribution in [0.5, 0.6) is 0 Å². The maximum atomic E-state index is 13.1. The number of piperidine rings is 3. The summed E-state index contributed by atoms with van der Waals surface area (Å²) in [5.74, 6) is 1.33. The van der Waals surface area contributed by atoms with Gasteiger partial charge in [0.05, 0.1) is 5.56 Å². The molecule has 3 aliphatic heterocycles. The highest BCUT2D eigenvalue weighted by molar-refractivity contribution is 5.95. The van der Waals surface area contributed by atoms with Gasteiger partial charge in [0.2, 0.25) is 5.56 Å². The highest BCUT2D eigenvalue weighted by Crippen LogP contribution is 2.37. The van der Waals surface area contributed by atoms with Crippen LogP contribution >= 0.6 is 0 Å². The highest BCUT2D eigenvalue weighted by atomic mass is 16.2.